The molecule has 0 fully saturated rings. The Morgan fingerprint density at radius 1 is 1.13 bits per heavy atom. The van der Waals surface area contributed by atoms with Gasteiger partial charge in [0.05, 0.1) is 12.1 Å². The molecule has 0 radical (unpaired) electrons. The molecule has 0 aliphatic heterocycles. The Kier molecular flexibility index (Phi) is 9.41. The number of hydrogen-bond acceptors (Lipinski definition) is 4. The highest BCUT2D eigenvalue weighted by molar-refractivity contribution is 5.93. The summed E-state index contributed by atoms with van der Waals surface area (Å²) < 4.78 is 5.20. The number of carbonyl (C=O) groups is 1. The van der Waals surface area contributed by atoms with Gasteiger partial charge in [-0.15, -0.1) is 24.8 Å². The summed E-state index contributed by atoms with van der Waals surface area (Å²) in [6.07, 6.45) is 1.46. The zero-order valence-corrected chi connectivity index (χ0v) is 14.9. The number of para-hydroxylation sites is 1. The van der Waals surface area contributed by atoms with Gasteiger partial charge >= 0.3 is 0 Å². The molecule has 0 bridgehead atoms. The third-order valence-corrected chi connectivity index (χ3v) is 3.42. The van der Waals surface area contributed by atoms with Crippen LogP contribution < -0.4 is 10.6 Å². The van der Waals surface area contributed by atoms with E-state index in [9.17, 15) is 4.79 Å². The molecule has 2 N–H and O–H groups in total. The number of halogens is 2. The average Bonchev–Trinajstić information content (AvgIpc) is 3.01. The second-order valence-electron chi connectivity index (χ2n) is 4.99. The smallest absolute Gasteiger partial charge is 0.256 e. The molecule has 1 amide bonds. The van der Waals surface area contributed by atoms with Gasteiger partial charge in [-0.2, -0.15) is 0 Å². The third kappa shape index (κ3) is 5.78. The summed E-state index contributed by atoms with van der Waals surface area (Å²) in [6.45, 7) is 1.69. The van der Waals surface area contributed by atoms with Crippen molar-refractivity contribution in [2.75, 3.05) is 32.1 Å². The van der Waals surface area contributed by atoms with Gasteiger partial charge in [0.2, 0.25) is 0 Å². The fourth-order valence-corrected chi connectivity index (χ4v) is 2.03. The number of carbonyl (C=O) groups excluding carboxylic acids is 1. The predicted molar refractivity (Wildman–Crippen MR) is 97.8 cm³/mol. The molecule has 0 aliphatic rings. The quantitative estimate of drug-likeness (QED) is 0.861. The molecule has 7 heteroatoms. The highest BCUT2D eigenvalue weighted by Gasteiger charge is 2.15. The Balaban J connectivity index is 0.00000242. The summed E-state index contributed by atoms with van der Waals surface area (Å²) in [5, 5.41) is 0. The molecular weight excluding hydrogens is 337 g/mol. The number of hydrogen-bond donors (Lipinski definition) is 1. The Labute approximate surface area is 149 Å². The number of likely N-dealkylation sites (N-methyl/N-ethyl adjacent to an activating group) is 2. The van der Waals surface area contributed by atoms with Gasteiger partial charge in [-0.05, 0) is 18.2 Å². The van der Waals surface area contributed by atoms with Crippen molar-refractivity contribution in [2.24, 2.45) is 5.73 Å². The number of anilines is 1. The van der Waals surface area contributed by atoms with Crippen LogP contribution in [0, 0.1) is 0 Å². The van der Waals surface area contributed by atoms with E-state index in [1.807, 2.05) is 37.4 Å². The fourth-order valence-electron chi connectivity index (χ4n) is 2.03. The maximum atomic E-state index is 12.2. The molecule has 23 heavy (non-hydrogen) atoms. The minimum Gasteiger partial charge on any atom is -0.467 e. The lowest BCUT2D eigenvalue weighted by Gasteiger charge is -2.23. The molecule has 0 spiro atoms. The summed E-state index contributed by atoms with van der Waals surface area (Å²) in [6, 6.07) is 11.8. The van der Waals surface area contributed by atoms with Crippen molar-refractivity contribution in [1.82, 2.24) is 4.90 Å². The van der Waals surface area contributed by atoms with Crippen LogP contribution in [0.5, 0.6) is 0 Å². The van der Waals surface area contributed by atoms with E-state index in [1.54, 1.807) is 18.0 Å². The average molecular weight is 360 g/mol. The van der Waals surface area contributed by atoms with Crippen LogP contribution in [0.15, 0.2) is 47.1 Å². The number of benzene rings is 1. The molecule has 0 atom stereocenters. The molecule has 0 saturated carbocycles. The SMILES string of the molecule is CN(CCN(C)c1ccccc1)C(=O)c1coc(CN)c1.Cl.Cl. The zero-order chi connectivity index (χ0) is 15.2. The van der Waals surface area contributed by atoms with E-state index in [-0.39, 0.29) is 30.7 Å². The van der Waals surface area contributed by atoms with E-state index >= 15 is 0 Å². The minimum atomic E-state index is -0.0556. The molecule has 0 unspecified atom stereocenters. The molecule has 2 aromatic rings. The van der Waals surface area contributed by atoms with Crippen molar-refractivity contribution in [3.05, 3.63) is 54.0 Å². The minimum absolute atomic E-state index is 0. The van der Waals surface area contributed by atoms with Gasteiger partial charge in [-0.25, -0.2) is 0 Å². The molecule has 0 aliphatic carbocycles. The van der Waals surface area contributed by atoms with Gasteiger partial charge < -0.3 is 20.0 Å². The zero-order valence-electron chi connectivity index (χ0n) is 13.3. The molecule has 1 heterocycles. The van der Waals surface area contributed by atoms with E-state index in [2.05, 4.69) is 4.90 Å². The maximum absolute atomic E-state index is 12.2. The Hall–Kier alpha value is -1.69. The van der Waals surface area contributed by atoms with E-state index in [0.29, 0.717) is 24.4 Å². The normalized spacial score (nSPS) is 9.52. The number of nitrogens with two attached hydrogens (primary N) is 1. The van der Waals surface area contributed by atoms with E-state index < -0.39 is 0 Å². The number of rotatable bonds is 6. The van der Waals surface area contributed by atoms with Crippen LogP contribution in [0.1, 0.15) is 16.1 Å². The van der Waals surface area contributed by atoms with Gasteiger partial charge in [0.25, 0.3) is 5.91 Å². The molecular formula is C16H23Cl2N3O2. The monoisotopic (exact) mass is 359 g/mol. The summed E-state index contributed by atoms with van der Waals surface area (Å²) >= 11 is 0. The number of amides is 1. The van der Waals surface area contributed by atoms with Crippen LogP contribution in [0.2, 0.25) is 0 Å². The van der Waals surface area contributed by atoms with Crippen molar-refractivity contribution in [2.45, 2.75) is 6.54 Å². The van der Waals surface area contributed by atoms with Gasteiger partial charge in [0.1, 0.15) is 12.0 Å². The van der Waals surface area contributed by atoms with Crippen molar-refractivity contribution in [1.29, 1.82) is 0 Å². The van der Waals surface area contributed by atoms with E-state index in [1.165, 1.54) is 6.26 Å². The molecule has 1 aromatic heterocycles. The van der Waals surface area contributed by atoms with Crippen LogP contribution in [-0.2, 0) is 6.54 Å². The van der Waals surface area contributed by atoms with Crippen LogP contribution in [0.25, 0.3) is 0 Å². The van der Waals surface area contributed by atoms with Crippen molar-refractivity contribution >= 4 is 36.4 Å². The van der Waals surface area contributed by atoms with Crippen molar-refractivity contribution in [3.63, 3.8) is 0 Å². The highest BCUT2D eigenvalue weighted by atomic mass is 35.5. The molecule has 5 nitrogen and oxygen atoms in total. The van der Waals surface area contributed by atoms with Gasteiger partial charge in [0.15, 0.2) is 0 Å². The fraction of sp³-hybridized carbons (Fsp3) is 0.312. The first-order valence-corrected chi connectivity index (χ1v) is 6.91. The van der Waals surface area contributed by atoms with Crippen molar-refractivity contribution < 1.29 is 9.21 Å². The molecule has 2 rings (SSSR count). The standard InChI is InChI=1S/C16H21N3O2.2ClH/c1-18(14-6-4-3-5-7-14)8-9-19(2)16(20)13-10-15(11-17)21-12-13;;/h3-7,10,12H,8-9,11,17H2,1-2H3;2*1H. The highest BCUT2D eigenvalue weighted by Crippen LogP contribution is 2.12. The van der Waals surface area contributed by atoms with Crippen LogP contribution in [0.3, 0.4) is 0 Å². The van der Waals surface area contributed by atoms with Gasteiger partial charge in [0, 0.05) is 32.9 Å². The lowest BCUT2D eigenvalue weighted by Crippen LogP contribution is -2.34. The predicted octanol–water partition coefficient (Wildman–Crippen LogP) is 2.79. The Morgan fingerprint density at radius 3 is 2.35 bits per heavy atom. The Morgan fingerprint density at radius 2 is 1.78 bits per heavy atom. The maximum Gasteiger partial charge on any atom is 0.256 e. The van der Waals surface area contributed by atoms with E-state index in [4.69, 9.17) is 10.2 Å². The largest absolute Gasteiger partial charge is 0.467 e. The van der Waals surface area contributed by atoms with Crippen LogP contribution in [0.4, 0.5) is 5.69 Å². The first-order chi connectivity index (χ1) is 10.1. The molecule has 0 saturated heterocycles. The van der Waals surface area contributed by atoms with Gasteiger partial charge in [-0.1, -0.05) is 18.2 Å². The second kappa shape index (κ2) is 10.2. The second-order valence-corrected chi connectivity index (χ2v) is 4.99. The first kappa shape index (κ1) is 21.3. The molecule has 128 valence electrons. The third-order valence-electron chi connectivity index (χ3n) is 3.42. The first-order valence-electron chi connectivity index (χ1n) is 6.91. The van der Waals surface area contributed by atoms with Gasteiger partial charge in [-0.3, -0.25) is 4.79 Å². The lowest BCUT2D eigenvalue weighted by atomic mass is 10.2. The molecule has 1 aromatic carbocycles. The summed E-state index contributed by atoms with van der Waals surface area (Å²) in [5.41, 5.74) is 7.15. The summed E-state index contributed by atoms with van der Waals surface area (Å²) in [7, 11) is 3.80. The van der Waals surface area contributed by atoms with Crippen LogP contribution >= 0.6 is 24.8 Å². The van der Waals surface area contributed by atoms with Crippen LogP contribution in [-0.4, -0.2) is 38.0 Å². The topological polar surface area (TPSA) is 62.7 Å². The van der Waals surface area contributed by atoms with E-state index in [0.717, 1.165) is 12.2 Å². The lowest BCUT2D eigenvalue weighted by molar-refractivity contribution is 0.0798. The number of furan rings is 1. The summed E-state index contributed by atoms with van der Waals surface area (Å²) in [5.74, 6) is 0.563. The van der Waals surface area contributed by atoms with Crippen molar-refractivity contribution in [3.8, 4) is 0 Å². The Bertz CT molecular complexity index is 590. The number of nitrogens with zero attached hydrogens (tertiary/aromatic N) is 2. The summed E-state index contributed by atoms with van der Waals surface area (Å²) in [4.78, 5) is 16.0.